The van der Waals surface area contributed by atoms with E-state index in [4.69, 9.17) is 0 Å². The standard InChI is InChI=1S/C10H14F3N3/c1-7(2)14-4-8-5-15-9(16-6-8)3-10(11,12)13/h5-7,14H,3-4H2,1-2H3. The summed E-state index contributed by atoms with van der Waals surface area (Å²) in [6.45, 7) is 4.53. The molecular formula is C10H14F3N3. The zero-order chi connectivity index (χ0) is 12.2. The lowest BCUT2D eigenvalue weighted by molar-refractivity contribution is -0.128. The van der Waals surface area contributed by atoms with Gasteiger partial charge >= 0.3 is 6.18 Å². The van der Waals surface area contributed by atoms with Crippen LogP contribution in [-0.2, 0) is 13.0 Å². The van der Waals surface area contributed by atoms with Crippen molar-refractivity contribution in [1.82, 2.24) is 15.3 Å². The van der Waals surface area contributed by atoms with Crippen molar-refractivity contribution in [2.75, 3.05) is 0 Å². The van der Waals surface area contributed by atoms with Gasteiger partial charge in [0, 0.05) is 30.5 Å². The highest BCUT2D eigenvalue weighted by molar-refractivity contribution is 5.05. The summed E-state index contributed by atoms with van der Waals surface area (Å²) in [7, 11) is 0. The SMILES string of the molecule is CC(C)NCc1cnc(CC(F)(F)F)nc1. The van der Waals surface area contributed by atoms with E-state index in [2.05, 4.69) is 15.3 Å². The predicted molar refractivity (Wildman–Crippen MR) is 53.8 cm³/mol. The van der Waals surface area contributed by atoms with Crippen LogP contribution in [0.5, 0.6) is 0 Å². The molecular weight excluding hydrogens is 219 g/mol. The van der Waals surface area contributed by atoms with E-state index in [0.29, 0.717) is 12.6 Å². The number of nitrogens with zero attached hydrogens (tertiary/aromatic N) is 2. The molecule has 6 heteroatoms. The van der Waals surface area contributed by atoms with E-state index in [1.807, 2.05) is 13.8 Å². The summed E-state index contributed by atoms with van der Waals surface area (Å²) in [4.78, 5) is 7.34. The van der Waals surface area contributed by atoms with Crippen molar-refractivity contribution in [1.29, 1.82) is 0 Å². The van der Waals surface area contributed by atoms with E-state index in [0.717, 1.165) is 5.56 Å². The van der Waals surface area contributed by atoms with Gasteiger partial charge in [0.1, 0.15) is 12.2 Å². The highest BCUT2D eigenvalue weighted by atomic mass is 19.4. The summed E-state index contributed by atoms with van der Waals surface area (Å²) < 4.78 is 36.0. The monoisotopic (exact) mass is 233 g/mol. The number of halogens is 3. The van der Waals surface area contributed by atoms with Crippen LogP contribution in [0.4, 0.5) is 13.2 Å². The molecule has 0 saturated carbocycles. The number of nitrogens with one attached hydrogen (secondary N) is 1. The molecule has 0 aliphatic heterocycles. The van der Waals surface area contributed by atoms with Gasteiger partial charge in [-0.1, -0.05) is 13.8 Å². The Bertz CT molecular complexity index is 319. The molecule has 0 amide bonds. The van der Waals surface area contributed by atoms with Crippen LogP contribution in [0.25, 0.3) is 0 Å². The molecule has 1 heterocycles. The first-order valence-electron chi connectivity index (χ1n) is 4.97. The van der Waals surface area contributed by atoms with Crippen molar-refractivity contribution in [2.45, 2.75) is 39.0 Å². The molecule has 1 rings (SSSR count). The fourth-order valence-corrected chi connectivity index (χ4v) is 1.07. The van der Waals surface area contributed by atoms with Crippen molar-refractivity contribution in [3.63, 3.8) is 0 Å². The van der Waals surface area contributed by atoms with E-state index in [9.17, 15) is 13.2 Å². The maximum Gasteiger partial charge on any atom is 0.396 e. The first-order chi connectivity index (χ1) is 7.37. The quantitative estimate of drug-likeness (QED) is 0.865. The summed E-state index contributed by atoms with van der Waals surface area (Å²) in [5.74, 6) is -0.194. The zero-order valence-electron chi connectivity index (χ0n) is 9.17. The van der Waals surface area contributed by atoms with Crippen LogP contribution in [0.15, 0.2) is 12.4 Å². The molecule has 0 aliphatic rings. The lowest BCUT2D eigenvalue weighted by Gasteiger charge is -2.08. The average molecular weight is 233 g/mol. The van der Waals surface area contributed by atoms with E-state index in [1.54, 1.807) is 0 Å². The Morgan fingerprint density at radius 2 is 1.81 bits per heavy atom. The van der Waals surface area contributed by atoms with Crippen LogP contribution in [0, 0.1) is 0 Å². The summed E-state index contributed by atoms with van der Waals surface area (Å²) in [5.41, 5.74) is 0.777. The third-order valence-electron chi connectivity index (χ3n) is 1.83. The summed E-state index contributed by atoms with van der Waals surface area (Å²) in [5, 5.41) is 3.13. The van der Waals surface area contributed by atoms with E-state index in [1.165, 1.54) is 12.4 Å². The Balaban J connectivity index is 2.54. The van der Waals surface area contributed by atoms with Gasteiger partial charge in [0.2, 0.25) is 0 Å². The van der Waals surface area contributed by atoms with Gasteiger partial charge in [-0.25, -0.2) is 9.97 Å². The van der Waals surface area contributed by atoms with Crippen molar-refractivity contribution in [2.24, 2.45) is 0 Å². The second kappa shape index (κ2) is 5.25. The maximum atomic E-state index is 12.0. The lowest BCUT2D eigenvalue weighted by Crippen LogP contribution is -2.22. The van der Waals surface area contributed by atoms with E-state index in [-0.39, 0.29) is 5.82 Å². The molecule has 16 heavy (non-hydrogen) atoms. The normalized spacial score (nSPS) is 12.1. The van der Waals surface area contributed by atoms with Gasteiger partial charge in [0.25, 0.3) is 0 Å². The Hall–Kier alpha value is -1.17. The first-order valence-corrected chi connectivity index (χ1v) is 4.97. The topological polar surface area (TPSA) is 37.8 Å². The van der Waals surface area contributed by atoms with Crippen molar-refractivity contribution >= 4 is 0 Å². The van der Waals surface area contributed by atoms with Gasteiger partial charge in [-0.05, 0) is 0 Å². The van der Waals surface area contributed by atoms with Crippen LogP contribution >= 0.6 is 0 Å². The minimum Gasteiger partial charge on any atom is -0.310 e. The molecule has 0 bridgehead atoms. The third kappa shape index (κ3) is 5.06. The number of aromatic nitrogens is 2. The summed E-state index contributed by atoms with van der Waals surface area (Å²) in [6.07, 6.45) is -2.49. The van der Waals surface area contributed by atoms with Crippen LogP contribution < -0.4 is 5.32 Å². The van der Waals surface area contributed by atoms with Gasteiger partial charge in [-0.15, -0.1) is 0 Å². The smallest absolute Gasteiger partial charge is 0.310 e. The van der Waals surface area contributed by atoms with Gasteiger partial charge in [-0.3, -0.25) is 0 Å². The minimum atomic E-state index is -4.25. The Morgan fingerprint density at radius 3 is 2.25 bits per heavy atom. The molecule has 0 saturated heterocycles. The van der Waals surface area contributed by atoms with E-state index >= 15 is 0 Å². The molecule has 1 N–H and O–H groups in total. The van der Waals surface area contributed by atoms with Crippen molar-refractivity contribution in [3.05, 3.63) is 23.8 Å². The van der Waals surface area contributed by atoms with Gasteiger partial charge < -0.3 is 5.32 Å². The lowest BCUT2D eigenvalue weighted by atomic mass is 10.3. The summed E-state index contributed by atoms with van der Waals surface area (Å²) in [6, 6.07) is 0.315. The second-order valence-electron chi connectivity index (χ2n) is 3.84. The fourth-order valence-electron chi connectivity index (χ4n) is 1.07. The average Bonchev–Trinajstić information content (AvgIpc) is 2.14. The predicted octanol–water partition coefficient (Wildman–Crippen LogP) is 2.08. The Morgan fingerprint density at radius 1 is 1.25 bits per heavy atom. The highest BCUT2D eigenvalue weighted by Crippen LogP contribution is 2.18. The molecule has 0 aromatic carbocycles. The number of hydrogen-bond acceptors (Lipinski definition) is 3. The molecule has 1 aromatic rings. The van der Waals surface area contributed by atoms with Gasteiger partial charge in [0.05, 0.1) is 0 Å². The zero-order valence-corrected chi connectivity index (χ0v) is 9.17. The largest absolute Gasteiger partial charge is 0.396 e. The molecule has 3 nitrogen and oxygen atoms in total. The molecule has 0 unspecified atom stereocenters. The first kappa shape index (κ1) is 12.9. The number of rotatable bonds is 4. The van der Waals surface area contributed by atoms with Gasteiger partial charge in [0.15, 0.2) is 0 Å². The van der Waals surface area contributed by atoms with Gasteiger partial charge in [-0.2, -0.15) is 13.2 Å². The minimum absolute atomic E-state index is 0.194. The molecule has 90 valence electrons. The number of alkyl halides is 3. The molecule has 0 spiro atoms. The Labute approximate surface area is 92.1 Å². The summed E-state index contributed by atoms with van der Waals surface area (Å²) >= 11 is 0. The molecule has 0 aliphatic carbocycles. The van der Waals surface area contributed by atoms with E-state index < -0.39 is 12.6 Å². The molecule has 0 fully saturated rings. The third-order valence-corrected chi connectivity index (χ3v) is 1.83. The van der Waals surface area contributed by atoms with Crippen molar-refractivity contribution in [3.8, 4) is 0 Å². The number of hydrogen-bond donors (Lipinski definition) is 1. The Kier molecular flexibility index (Phi) is 4.23. The molecule has 0 atom stereocenters. The van der Waals surface area contributed by atoms with Crippen LogP contribution in [0.3, 0.4) is 0 Å². The fraction of sp³-hybridized carbons (Fsp3) is 0.600. The van der Waals surface area contributed by atoms with Crippen LogP contribution in [-0.4, -0.2) is 22.2 Å². The maximum absolute atomic E-state index is 12.0. The van der Waals surface area contributed by atoms with Crippen LogP contribution in [0.1, 0.15) is 25.2 Å². The molecule has 0 radical (unpaired) electrons. The molecule has 1 aromatic heterocycles. The second-order valence-corrected chi connectivity index (χ2v) is 3.84. The highest BCUT2D eigenvalue weighted by Gasteiger charge is 2.29. The van der Waals surface area contributed by atoms with Crippen LogP contribution in [0.2, 0.25) is 0 Å². The van der Waals surface area contributed by atoms with Crippen molar-refractivity contribution < 1.29 is 13.2 Å².